The fourth-order valence-electron chi connectivity index (χ4n) is 3.29. The minimum Gasteiger partial charge on any atom is -0.481 e. The van der Waals surface area contributed by atoms with Crippen LogP contribution in [0.5, 0.6) is 5.75 Å². The number of nitrogens with zero attached hydrogens (tertiary/aromatic N) is 4. The number of nitrogens with one attached hydrogen (secondary N) is 1. The van der Waals surface area contributed by atoms with E-state index in [0.717, 1.165) is 40.7 Å². The van der Waals surface area contributed by atoms with E-state index in [4.69, 9.17) is 9.72 Å². The van der Waals surface area contributed by atoms with Crippen LogP contribution in [0.2, 0.25) is 0 Å². The van der Waals surface area contributed by atoms with E-state index >= 15 is 0 Å². The zero-order valence-electron chi connectivity index (χ0n) is 16.0. The minimum atomic E-state index is -0.269. The van der Waals surface area contributed by atoms with Crippen molar-refractivity contribution >= 4 is 39.1 Å². The summed E-state index contributed by atoms with van der Waals surface area (Å²) >= 11 is 1.33. The maximum atomic E-state index is 12.2. The second-order valence-electron chi connectivity index (χ2n) is 7.13. The lowest BCUT2D eigenvalue weighted by atomic mass is 9.99. The number of para-hydroxylation sites is 1. The molecule has 3 heterocycles. The molecule has 146 valence electrons. The molecule has 1 fully saturated rings. The molecule has 0 spiro atoms. The first kappa shape index (κ1) is 18.6. The first-order chi connectivity index (χ1) is 13.6. The Morgan fingerprint density at radius 2 is 2.07 bits per heavy atom. The fourth-order valence-corrected chi connectivity index (χ4v) is 3.89. The topological polar surface area (TPSA) is 80.2 Å². The fraction of sp³-hybridized carbons (Fsp3) is 0.400. The van der Waals surface area contributed by atoms with E-state index in [1.807, 2.05) is 25.1 Å². The van der Waals surface area contributed by atoms with Crippen molar-refractivity contribution in [3.8, 4) is 5.75 Å². The van der Waals surface area contributed by atoms with Crippen LogP contribution in [0.3, 0.4) is 0 Å². The maximum Gasteiger partial charge on any atom is 0.264 e. The van der Waals surface area contributed by atoms with Crippen LogP contribution < -0.4 is 15.0 Å². The van der Waals surface area contributed by atoms with Crippen LogP contribution >= 0.6 is 11.3 Å². The van der Waals surface area contributed by atoms with E-state index in [0.29, 0.717) is 10.9 Å². The first-order valence-electron chi connectivity index (χ1n) is 9.46. The number of ether oxygens (including phenoxy) is 1. The van der Waals surface area contributed by atoms with Gasteiger partial charge in [0.2, 0.25) is 5.13 Å². The van der Waals surface area contributed by atoms with Crippen LogP contribution in [0, 0.1) is 12.8 Å². The largest absolute Gasteiger partial charge is 0.481 e. The van der Waals surface area contributed by atoms with Crippen LogP contribution in [-0.2, 0) is 4.79 Å². The number of carbonyl (C=O) groups excluding carboxylic acids is 1. The number of fused-ring (bicyclic) bond motifs is 1. The summed E-state index contributed by atoms with van der Waals surface area (Å²) in [6, 6.07) is 9.88. The molecular weight excluding hydrogens is 374 g/mol. The summed E-state index contributed by atoms with van der Waals surface area (Å²) in [5, 5.41) is 12.7. The number of amides is 1. The van der Waals surface area contributed by atoms with Crippen molar-refractivity contribution in [2.24, 2.45) is 5.92 Å². The summed E-state index contributed by atoms with van der Waals surface area (Å²) in [6.07, 6.45) is 2.37. The monoisotopic (exact) mass is 397 g/mol. The molecule has 0 unspecified atom stereocenters. The molecule has 1 amide bonds. The van der Waals surface area contributed by atoms with Crippen LogP contribution in [0.4, 0.5) is 10.9 Å². The molecule has 1 aromatic carbocycles. The standard InChI is InChI=1S/C20H23N5O2S/c1-13-8-10-25(11-9-13)17-7-6-15-4-3-5-16(19(15)21-17)27-12-18(26)22-20-24-23-14(2)28-20/h3-7,13H,8-12H2,1-2H3,(H,22,24,26). The Morgan fingerprint density at radius 3 is 2.82 bits per heavy atom. The lowest BCUT2D eigenvalue weighted by Crippen LogP contribution is -2.33. The second-order valence-corrected chi connectivity index (χ2v) is 8.31. The Labute approximate surface area is 167 Å². The summed E-state index contributed by atoms with van der Waals surface area (Å²) in [4.78, 5) is 19.3. The Hall–Kier alpha value is -2.74. The molecule has 0 bridgehead atoms. The van der Waals surface area contributed by atoms with Crippen molar-refractivity contribution in [1.29, 1.82) is 0 Å². The third-order valence-corrected chi connectivity index (χ3v) is 5.66. The molecule has 1 aliphatic heterocycles. The predicted octanol–water partition coefficient (Wildman–Crippen LogP) is 3.65. The molecule has 4 rings (SSSR count). The summed E-state index contributed by atoms with van der Waals surface area (Å²) < 4.78 is 5.78. The number of hydrogen-bond acceptors (Lipinski definition) is 7. The average Bonchev–Trinajstić information content (AvgIpc) is 3.11. The predicted molar refractivity (Wildman–Crippen MR) is 111 cm³/mol. The van der Waals surface area contributed by atoms with Gasteiger partial charge < -0.3 is 9.64 Å². The molecule has 1 aliphatic rings. The number of anilines is 2. The molecule has 0 atom stereocenters. The smallest absolute Gasteiger partial charge is 0.264 e. The van der Waals surface area contributed by atoms with Gasteiger partial charge in [-0.05, 0) is 43.9 Å². The SMILES string of the molecule is Cc1nnc(NC(=O)COc2cccc3ccc(N4CCC(C)CC4)nc23)s1. The molecule has 2 aromatic heterocycles. The third-order valence-electron chi connectivity index (χ3n) is 4.91. The van der Waals surface area contributed by atoms with Gasteiger partial charge in [0.05, 0.1) is 0 Å². The van der Waals surface area contributed by atoms with Crippen molar-refractivity contribution in [1.82, 2.24) is 15.2 Å². The van der Waals surface area contributed by atoms with Crippen LogP contribution in [0.1, 0.15) is 24.8 Å². The Balaban J connectivity index is 1.48. The van der Waals surface area contributed by atoms with E-state index in [2.05, 4.69) is 39.5 Å². The van der Waals surface area contributed by atoms with Crippen LogP contribution in [-0.4, -0.2) is 40.8 Å². The van der Waals surface area contributed by atoms with Crippen molar-refractivity contribution < 1.29 is 9.53 Å². The molecule has 0 saturated carbocycles. The lowest BCUT2D eigenvalue weighted by molar-refractivity contribution is -0.118. The van der Waals surface area contributed by atoms with Crippen LogP contribution in [0.25, 0.3) is 10.9 Å². The van der Waals surface area contributed by atoms with Gasteiger partial charge in [0.1, 0.15) is 22.1 Å². The highest BCUT2D eigenvalue weighted by Gasteiger charge is 2.18. The summed E-state index contributed by atoms with van der Waals surface area (Å²) in [6.45, 7) is 6.07. The van der Waals surface area contributed by atoms with Gasteiger partial charge in [-0.15, -0.1) is 10.2 Å². The van der Waals surface area contributed by atoms with Gasteiger partial charge in [-0.2, -0.15) is 0 Å². The van der Waals surface area contributed by atoms with Crippen molar-refractivity contribution in [2.45, 2.75) is 26.7 Å². The van der Waals surface area contributed by atoms with Crippen molar-refractivity contribution in [3.63, 3.8) is 0 Å². The molecule has 28 heavy (non-hydrogen) atoms. The number of aromatic nitrogens is 3. The highest BCUT2D eigenvalue weighted by molar-refractivity contribution is 7.15. The van der Waals surface area contributed by atoms with E-state index in [-0.39, 0.29) is 12.5 Å². The highest BCUT2D eigenvalue weighted by Crippen LogP contribution is 2.28. The zero-order chi connectivity index (χ0) is 19.5. The molecule has 1 N–H and O–H groups in total. The summed E-state index contributed by atoms with van der Waals surface area (Å²) in [5.74, 6) is 2.07. The summed E-state index contributed by atoms with van der Waals surface area (Å²) in [7, 11) is 0. The number of aryl methyl sites for hydroxylation is 1. The molecule has 0 radical (unpaired) electrons. The third kappa shape index (κ3) is 4.22. The molecule has 3 aromatic rings. The van der Waals surface area contributed by atoms with Gasteiger partial charge in [0.15, 0.2) is 6.61 Å². The Morgan fingerprint density at radius 1 is 1.25 bits per heavy atom. The minimum absolute atomic E-state index is 0.106. The average molecular weight is 398 g/mol. The quantitative estimate of drug-likeness (QED) is 0.708. The number of rotatable bonds is 5. The highest BCUT2D eigenvalue weighted by atomic mass is 32.1. The van der Waals surface area contributed by atoms with E-state index in [1.54, 1.807) is 0 Å². The maximum absolute atomic E-state index is 12.2. The summed E-state index contributed by atoms with van der Waals surface area (Å²) in [5.41, 5.74) is 0.776. The van der Waals surface area contributed by atoms with Crippen molar-refractivity contribution in [2.75, 3.05) is 29.9 Å². The van der Waals surface area contributed by atoms with Gasteiger partial charge in [-0.1, -0.05) is 30.4 Å². The number of benzene rings is 1. The molecule has 0 aliphatic carbocycles. The van der Waals surface area contributed by atoms with Gasteiger partial charge in [0, 0.05) is 18.5 Å². The normalized spacial score (nSPS) is 15.0. The van der Waals surface area contributed by atoms with Gasteiger partial charge >= 0.3 is 0 Å². The van der Waals surface area contributed by atoms with E-state index in [9.17, 15) is 4.79 Å². The Bertz CT molecular complexity index is 982. The van der Waals surface area contributed by atoms with Crippen LogP contribution in [0.15, 0.2) is 30.3 Å². The number of carbonyl (C=O) groups is 1. The number of pyridine rings is 1. The van der Waals surface area contributed by atoms with E-state index < -0.39 is 0 Å². The van der Waals surface area contributed by atoms with Gasteiger partial charge in [-0.25, -0.2) is 4.98 Å². The molecular formula is C20H23N5O2S. The Kier molecular flexibility index (Phi) is 5.38. The molecule has 7 nitrogen and oxygen atoms in total. The number of piperidine rings is 1. The number of hydrogen-bond donors (Lipinski definition) is 1. The lowest BCUT2D eigenvalue weighted by Gasteiger charge is -2.31. The zero-order valence-corrected chi connectivity index (χ0v) is 16.8. The van der Waals surface area contributed by atoms with E-state index in [1.165, 1.54) is 24.2 Å². The molecule has 1 saturated heterocycles. The van der Waals surface area contributed by atoms with Gasteiger partial charge in [-0.3, -0.25) is 10.1 Å². The second kappa shape index (κ2) is 8.10. The first-order valence-corrected chi connectivity index (χ1v) is 10.3. The van der Waals surface area contributed by atoms with Gasteiger partial charge in [0.25, 0.3) is 5.91 Å². The molecule has 8 heteroatoms. The van der Waals surface area contributed by atoms with Crippen molar-refractivity contribution in [3.05, 3.63) is 35.3 Å².